The molecule has 46 heavy (non-hydrogen) atoms. The lowest BCUT2D eigenvalue weighted by molar-refractivity contribution is -0.923. The van der Waals surface area contributed by atoms with Crippen molar-refractivity contribution in [1.82, 2.24) is 16.0 Å². The maximum Gasteiger partial charge on any atom is 0.408 e. The molecule has 0 heterocycles. The zero-order chi connectivity index (χ0) is 33.0. The predicted octanol–water partition coefficient (Wildman–Crippen LogP) is 5.46. The summed E-state index contributed by atoms with van der Waals surface area (Å²) in [5.74, 6) is -0.144. The van der Waals surface area contributed by atoms with E-state index in [1.54, 1.807) is 0 Å². The Hall–Kier alpha value is -1.71. The van der Waals surface area contributed by atoms with Gasteiger partial charge in [-0.2, -0.15) is 0 Å². The van der Waals surface area contributed by atoms with Crippen molar-refractivity contribution in [3.8, 4) is 0 Å². The van der Waals surface area contributed by atoms with Crippen LogP contribution < -0.4 is 32.9 Å². The Morgan fingerprint density at radius 2 is 1.30 bits per heavy atom. The molecule has 0 saturated carbocycles. The van der Waals surface area contributed by atoms with Crippen LogP contribution in [0.3, 0.4) is 0 Å². The average Bonchev–Trinajstić information content (AvgIpc) is 3.06. The second-order valence-electron chi connectivity index (χ2n) is 12.5. The van der Waals surface area contributed by atoms with Crippen molar-refractivity contribution in [1.29, 1.82) is 0 Å². The lowest BCUT2D eigenvalue weighted by Crippen LogP contribution is -3.00. The lowest BCUT2D eigenvalue weighted by Gasteiger charge is -2.35. The molecule has 1 aromatic carbocycles. The Labute approximate surface area is 298 Å². The van der Waals surface area contributed by atoms with Crippen molar-refractivity contribution in [2.24, 2.45) is 0 Å². The number of quaternary nitrogens is 1. The monoisotopic (exact) mass is 726 g/mol. The first-order valence-corrected chi connectivity index (χ1v) is 18.7. The van der Waals surface area contributed by atoms with E-state index in [-0.39, 0.29) is 29.5 Å². The smallest absolute Gasteiger partial charge is 0.408 e. The van der Waals surface area contributed by atoms with Crippen molar-refractivity contribution in [2.45, 2.75) is 143 Å². The number of hydrogen-bond acceptors (Lipinski definition) is 4. The first-order valence-electron chi connectivity index (χ1n) is 18.3. The number of nitrogens with one attached hydrogen (secondary N) is 3. The average molecular weight is 728 g/mol. The fourth-order valence-corrected chi connectivity index (χ4v) is 6.06. The summed E-state index contributed by atoms with van der Waals surface area (Å²) in [7, 11) is 0. The standard InChI is InChI=1S/C37H66N4O3S.BrH/c1-5-9-10-11-12-13-14-15-16-17-21-28-35(45)38-29-23-22-27-34(40-37(43)44-32-33-25-19-18-20-26-33)36(42)39-30-24-31-41(6-2,7-3)8-4;/h18-20,25-26,34H,5-17,21-24,27-32H2,1-4H3,(H2-,38,39,40,42,43,45);1H/t34-;/m0./s1. The highest BCUT2D eigenvalue weighted by molar-refractivity contribution is 7.80. The summed E-state index contributed by atoms with van der Waals surface area (Å²) in [6, 6.07) is 8.94. The SMILES string of the molecule is CCCCCCCCCCCCCC(=S)NCCCC[C@H](NC(=O)OCc1ccccc1)C(=O)NCCC[N+](CC)(CC)CC.[Br-]. The van der Waals surface area contributed by atoms with Gasteiger partial charge in [-0.15, -0.1) is 0 Å². The molecule has 9 heteroatoms. The van der Waals surface area contributed by atoms with Gasteiger partial charge >= 0.3 is 6.09 Å². The summed E-state index contributed by atoms with van der Waals surface area (Å²) in [6.45, 7) is 14.8. The van der Waals surface area contributed by atoms with E-state index in [0.717, 1.165) is 79.9 Å². The van der Waals surface area contributed by atoms with Gasteiger partial charge in [0.15, 0.2) is 0 Å². The largest absolute Gasteiger partial charge is 1.00 e. The summed E-state index contributed by atoms with van der Waals surface area (Å²) < 4.78 is 6.46. The predicted molar refractivity (Wildman–Crippen MR) is 193 cm³/mol. The number of unbranched alkanes of at least 4 members (excludes halogenated alkanes) is 11. The summed E-state index contributed by atoms with van der Waals surface area (Å²) in [6.07, 6.45) is 18.2. The third kappa shape index (κ3) is 22.0. The first-order chi connectivity index (χ1) is 21.9. The van der Waals surface area contributed by atoms with Gasteiger partial charge < -0.3 is 42.2 Å². The van der Waals surface area contributed by atoms with Gasteiger partial charge in [-0.25, -0.2) is 4.79 Å². The van der Waals surface area contributed by atoms with Gasteiger partial charge in [0, 0.05) is 19.5 Å². The van der Waals surface area contributed by atoms with E-state index in [9.17, 15) is 9.59 Å². The molecule has 1 rings (SSSR count). The number of halogens is 1. The molecule has 0 aliphatic rings. The normalized spacial score (nSPS) is 11.7. The van der Waals surface area contributed by atoms with E-state index in [1.165, 1.54) is 64.2 Å². The Balaban J connectivity index is 0.0000202. The van der Waals surface area contributed by atoms with Gasteiger partial charge in [0.05, 0.1) is 31.2 Å². The van der Waals surface area contributed by atoms with Gasteiger partial charge in [-0.3, -0.25) is 4.79 Å². The number of amides is 2. The zero-order valence-electron chi connectivity index (χ0n) is 29.7. The van der Waals surface area contributed by atoms with E-state index < -0.39 is 12.1 Å². The minimum absolute atomic E-state index is 0. The molecule has 0 aliphatic carbocycles. The number of rotatable bonds is 28. The number of thiocarbonyl (C=S) groups is 1. The van der Waals surface area contributed by atoms with Crippen LogP contribution in [0, 0.1) is 0 Å². The molecule has 1 atom stereocenters. The van der Waals surface area contributed by atoms with Crippen LogP contribution in [0.5, 0.6) is 0 Å². The van der Waals surface area contributed by atoms with Crippen molar-refractivity contribution in [3.63, 3.8) is 0 Å². The molecule has 0 radical (unpaired) electrons. The van der Waals surface area contributed by atoms with Gasteiger partial charge in [0.2, 0.25) is 5.91 Å². The maximum atomic E-state index is 13.1. The van der Waals surface area contributed by atoms with Gasteiger partial charge in [-0.05, 0) is 58.4 Å². The van der Waals surface area contributed by atoms with Crippen LogP contribution in [0.4, 0.5) is 4.79 Å². The lowest BCUT2D eigenvalue weighted by atomic mass is 10.1. The van der Waals surface area contributed by atoms with E-state index in [2.05, 4.69) is 43.6 Å². The van der Waals surface area contributed by atoms with E-state index in [1.807, 2.05) is 30.3 Å². The van der Waals surface area contributed by atoms with Crippen LogP contribution in [-0.4, -0.2) is 66.8 Å². The molecule has 7 nitrogen and oxygen atoms in total. The van der Waals surface area contributed by atoms with Crippen molar-refractivity contribution in [2.75, 3.05) is 39.3 Å². The van der Waals surface area contributed by atoms with Crippen LogP contribution in [0.25, 0.3) is 0 Å². The maximum absolute atomic E-state index is 13.1. The van der Waals surface area contributed by atoms with Crippen LogP contribution >= 0.6 is 12.2 Å². The number of benzene rings is 1. The topological polar surface area (TPSA) is 79.5 Å². The number of hydrogen-bond donors (Lipinski definition) is 3. The molecule has 2 amide bonds. The Bertz CT molecular complexity index is 894. The quantitative estimate of drug-likeness (QED) is 0.0608. The Morgan fingerprint density at radius 1 is 0.739 bits per heavy atom. The van der Waals surface area contributed by atoms with Crippen LogP contribution in [-0.2, 0) is 16.1 Å². The highest BCUT2D eigenvalue weighted by atomic mass is 79.9. The third-order valence-corrected chi connectivity index (χ3v) is 9.54. The van der Waals surface area contributed by atoms with Crippen molar-refractivity contribution < 1.29 is 35.8 Å². The molecule has 1 aromatic rings. The van der Waals surface area contributed by atoms with Gasteiger partial charge in [0.1, 0.15) is 12.6 Å². The molecular formula is C37H67BrN4O3S. The van der Waals surface area contributed by atoms with Gasteiger partial charge in [-0.1, -0.05) is 114 Å². The summed E-state index contributed by atoms with van der Waals surface area (Å²) in [5.41, 5.74) is 0.910. The van der Waals surface area contributed by atoms with Crippen LogP contribution in [0.2, 0.25) is 0 Å². The zero-order valence-corrected chi connectivity index (χ0v) is 32.1. The number of nitrogens with zero attached hydrogens (tertiary/aromatic N) is 1. The second-order valence-corrected chi connectivity index (χ2v) is 13.0. The third-order valence-electron chi connectivity index (χ3n) is 9.19. The molecule has 0 fully saturated rings. The number of carbonyl (C=O) groups is 2. The summed E-state index contributed by atoms with van der Waals surface area (Å²) in [5, 5.41) is 9.27. The van der Waals surface area contributed by atoms with Crippen molar-refractivity contribution >= 4 is 29.2 Å². The molecule has 0 aliphatic heterocycles. The number of alkyl carbamates (subject to hydrolysis) is 1. The summed E-state index contributed by atoms with van der Waals surface area (Å²) in [4.78, 5) is 26.6. The first kappa shape index (κ1) is 44.3. The molecule has 0 bridgehead atoms. The van der Waals surface area contributed by atoms with Crippen molar-refractivity contribution in [3.05, 3.63) is 35.9 Å². The summed E-state index contributed by atoms with van der Waals surface area (Å²) >= 11 is 5.55. The highest BCUT2D eigenvalue weighted by Crippen LogP contribution is 2.12. The number of ether oxygens (including phenoxy) is 1. The fraction of sp³-hybridized carbons (Fsp3) is 0.757. The minimum Gasteiger partial charge on any atom is -1.00 e. The minimum atomic E-state index is -0.626. The fourth-order valence-electron chi connectivity index (χ4n) is 5.81. The molecule has 0 saturated heterocycles. The van der Waals surface area contributed by atoms with Crippen LogP contribution in [0.15, 0.2) is 30.3 Å². The molecule has 0 spiro atoms. The van der Waals surface area contributed by atoms with E-state index in [4.69, 9.17) is 17.0 Å². The highest BCUT2D eigenvalue weighted by Gasteiger charge is 2.23. The molecule has 0 aromatic heterocycles. The molecule has 3 N–H and O–H groups in total. The molecule has 266 valence electrons. The van der Waals surface area contributed by atoms with E-state index in [0.29, 0.717) is 13.0 Å². The Kier molecular flexibility index (Phi) is 28.3. The van der Waals surface area contributed by atoms with Crippen LogP contribution in [0.1, 0.15) is 136 Å². The number of carbonyl (C=O) groups excluding carboxylic acids is 2. The van der Waals surface area contributed by atoms with E-state index >= 15 is 0 Å². The van der Waals surface area contributed by atoms with Gasteiger partial charge in [0.25, 0.3) is 0 Å². The molecule has 0 unspecified atom stereocenters. The Morgan fingerprint density at radius 3 is 1.89 bits per heavy atom. The molecular weight excluding hydrogens is 660 g/mol. The second kappa shape index (κ2) is 29.4.